The highest BCUT2D eigenvalue weighted by molar-refractivity contribution is 7.55. The maximum Gasteiger partial charge on any atom is 0.377 e. The zero-order chi connectivity index (χ0) is 16.8. The van der Waals surface area contributed by atoms with Crippen molar-refractivity contribution in [2.75, 3.05) is 21.3 Å². The van der Waals surface area contributed by atoms with Crippen LogP contribution in [0, 0.1) is 0 Å². The molecule has 2 unspecified atom stereocenters. The number of rotatable bonds is 7. The summed E-state index contributed by atoms with van der Waals surface area (Å²) in [6, 6.07) is 7.53. The van der Waals surface area contributed by atoms with Crippen molar-refractivity contribution in [3.8, 4) is 0 Å². The van der Waals surface area contributed by atoms with Crippen LogP contribution in [0.15, 0.2) is 30.3 Å². The SMILES string of the molecule is COOP(=O)(O)C(CC(=O)OC)(C(=O)OC)c1ccccc1. The van der Waals surface area contributed by atoms with Crippen molar-refractivity contribution < 1.29 is 38.1 Å². The van der Waals surface area contributed by atoms with Gasteiger partial charge in [-0.3, -0.25) is 14.2 Å². The van der Waals surface area contributed by atoms with Crippen molar-refractivity contribution in [3.63, 3.8) is 0 Å². The largest absolute Gasteiger partial charge is 0.469 e. The highest BCUT2D eigenvalue weighted by Crippen LogP contribution is 2.63. The summed E-state index contributed by atoms with van der Waals surface area (Å²) < 4.78 is 26.2. The van der Waals surface area contributed by atoms with Gasteiger partial charge < -0.3 is 14.4 Å². The first-order valence-electron chi connectivity index (χ1n) is 6.11. The van der Waals surface area contributed by atoms with Gasteiger partial charge in [0, 0.05) is 0 Å². The topological polar surface area (TPSA) is 108 Å². The Morgan fingerprint density at radius 2 is 1.73 bits per heavy atom. The van der Waals surface area contributed by atoms with E-state index in [1.54, 1.807) is 6.07 Å². The number of esters is 2. The molecule has 0 radical (unpaired) electrons. The summed E-state index contributed by atoms with van der Waals surface area (Å²) in [5, 5.41) is -2.30. The number of ether oxygens (including phenoxy) is 2. The van der Waals surface area contributed by atoms with E-state index in [0.29, 0.717) is 0 Å². The Morgan fingerprint density at radius 3 is 2.18 bits per heavy atom. The monoisotopic (exact) mass is 332 g/mol. The van der Waals surface area contributed by atoms with Gasteiger partial charge in [-0.15, -0.1) is 4.67 Å². The summed E-state index contributed by atoms with van der Waals surface area (Å²) in [7, 11) is -1.66. The molecule has 2 atom stereocenters. The van der Waals surface area contributed by atoms with Crippen molar-refractivity contribution in [2.45, 2.75) is 11.6 Å². The first kappa shape index (κ1) is 18.3. The average molecular weight is 332 g/mol. The maximum absolute atomic E-state index is 12.6. The summed E-state index contributed by atoms with van der Waals surface area (Å²) in [5.74, 6) is -2.00. The van der Waals surface area contributed by atoms with E-state index in [9.17, 15) is 19.0 Å². The molecule has 0 saturated carbocycles. The Labute approximate surface area is 127 Å². The van der Waals surface area contributed by atoms with Crippen molar-refractivity contribution in [1.29, 1.82) is 0 Å². The molecule has 122 valence electrons. The second-order valence-corrected chi connectivity index (χ2v) is 6.19. The fourth-order valence-corrected chi connectivity index (χ4v) is 3.45. The molecule has 0 aliphatic carbocycles. The van der Waals surface area contributed by atoms with E-state index < -0.39 is 31.1 Å². The molecular weight excluding hydrogens is 315 g/mol. The molecular formula is C13H17O8P. The van der Waals surface area contributed by atoms with E-state index in [2.05, 4.69) is 19.0 Å². The predicted octanol–water partition coefficient (Wildman–Crippen LogP) is 1.38. The molecule has 1 aromatic rings. The Kier molecular flexibility index (Phi) is 6.25. The predicted molar refractivity (Wildman–Crippen MR) is 74.7 cm³/mol. The molecule has 1 aromatic carbocycles. The number of carbonyl (C=O) groups excluding carboxylic acids is 2. The third kappa shape index (κ3) is 3.36. The highest BCUT2D eigenvalue weighted by Gasteiger charge is 2.60. The lowest BCUT2D eigenvalue weighted by Crippen LogP contribution is -2.40. The van der Waals surface area contributed by atoms with Crippen molar-refractivity contribution in [2.24, 2.45) is 0 Å². The Balaban J connectivity index is 3.60. The van der Waals surface area contributed by atoms with E-state index in [1.807, 2.05) is 0 Å². The van der Waals surface area contributed by atoms with E-state index in [4.69, 9.17) is 0 Å². The fraction of sp³-hybridized carbons (Fsp3) is 0.385. The second kappa shape index (κ2) is 7.51. The summed E-state index contributed by atoms with van der Waals surface area (Å²) in [6.07, 6.45) is -0.753. The molecule has 0 fully saturated rings. The van der Waals surface area contributed by atoms with Gasteiger partial charge >= 0.3 is 19.5 Å². The van der Waals surface area contributed by atoms with E-state index >= 15 is 0 Å². The van der Waals surface area contributed by atoms with Crippen LogP contribution in [0.5, 0.6) is 0 Å². The average Bonchev–Trinajstić information content (AvgIpc) is 2.52. The molecule has 9 heteroatoms. The second-order valence-electron chi connectivity index (χ2n) is 4.23. The molecule has 0 saturated heterocycles. The van der Waals surface area contributed by atoms with Crippen LogP contribution in [0.25, 0.3) is 0 Å². The van der Waals surface area contributed by atoms with Crippen LogP contribution < -0.4 is 0 Å². The summed E-state index contributed by atoms with van der Waals surface area (Å²) in [4.78, 5) is 38.5. The molecule has 0 aliphatic heterocycles. The van der Waals surface area contributed by atoms with Crippen LogP contribution in [-0.4, -0.2) is 38.2 Å². The fourth-order valence-electron chi connectivity index (χ4n) is 2.00. The molecule has 8 nitrogen and oxygen atoms in total. The molecule has 22 heavy (non-hydrogen) atoms. The molecule has 0 spiro atoms. The molecule has 0 heterocycles. The highest BCUT2D eigenvalue weighted by atomic mass is 31.2. The van der Waals surface area contributed by atoms with E-state index in [0.717, 1.165) is 21.3 Å². The molecule has 0 aliphatic rings. The minimum absolute atomic E-state index is 0.0649. The van der Waals surface area contributed by atoms with Crippen LogP contribution in [0.1, 0.15) is 12.0 Å². The zero-order valence-electron chi connectivity index (χ0n) is 12.3. The number of benzene rings is 1. The zero-order valence-corrected chi connectivity index (χ0v) is 13.2. The Hall–Kier alpha value is -1.73. The van der Waals surface area contributed by atoms with Crippen LogP contribution >= 0.6 is 7.60 Å². The lowest BCUT2D eigenvalue weighted by atomic mass is 9.94. The molecule has 0 aromatic heterocycles. The lowest BCUT2D eigenvalue weighted by molar-refractivity contribution is -0.191. The first-order valence-corrected chi connectivity index (χ1v) is 7.69. The van der Waals surface area contributed by atoms with Crippen molar-refractivity contribution in [1.82, 2.24) is 0 Å². The number of hydrogen-bond acceptors (Lipinski definition) is 7. The standard InChI is InChI=1S/C13H17O8P/c1-18-11(14)9-13(12(15)19-2,22(16,17)21-20-3)10-7-5-4-6-8-10/h4-8H,9H2,1-3H3,(H,16,17). The van der Waals surface area contributed by atoms with Gasteiger partial charge in [0.25, 0.3) is 0 Å². The first-order chi connectivity index (χ1) is 10.4. The van der Waals surface area contributed by atoms with Gasteiger partial charge in [0.15, 0.2) is 0 Å². The maximum atomic E-state index is 12.6. The summed E-state index contributed by atoms with van der Waals surface area (Å²) in [6.45, 7) is 0. The number of methoxy groups -OCH3 is 2. The van der Waals surface area contributed by atoms with Crippen LogP contribution in [0.2, 0.25) is 0 Å². The minimum Gasteiger partial charge on any atom is -0.469 e. The molecule has 0 amide bonds. The third-order valence-corrected chi connectivity index (χ3v) is 4.98. The Bertz CT molecular complexity index is 573. The molecule has 1 rings (SSSR count). The van der Waals surface area contributed by atoms with Crippen LogP contribution in [0.4, 0.5) is 0 Å². The quantitative estimate of drug-likeness (QED) is 0.345. The number of hydrogen-bond donors (Lipinski definition) is 1. The van der Waals surface area contributed by atoms with Crippen LogP contribution in [-0.2, 0) is 38.3 Å². The smallest absolute Gasteiger partial charge is 0.377 e. The lowest BCUT2D eigenvalue weighted by Gasteiger charge is -2.32. The Morgan fingerprint density at radius 1 is 1.14 bits per heavy atom. The van der Waals surface area contributed by atoms with Gasteiger partial charge in [-0.05, 0) is 5.56 Å². The van der Waals surface area contributed by atoms with Gasteiger partial charge in [-0.25, -0.2) is 4.89 Å². The van der Waals surface area contributed by atoms with E-state index in [1.165, 1.54) is 24.3 Å². The number of carbonyl (C=O) groups is 2. The van der Waals surface area contributed by atoms with Gasteiger partial charge in [0.05, 0.1) is 27.8 Å². The summed E-state index contributed by atoms with van der Waals surface area (Å²) in [5.41, 5.74) is 0.0649. The molecule has 0 bridgehead atoms. The molecule has 1 N–H and O–H groups in total. The van der Waals surface area contributed by atoms with Gasteiger partial charge in [-0.2, -0.15) is 0 Å². The normalized spacial score (nSPS) is 16.2. The summed E-state index contributed by atoms with van der Waals surface area (Å²) >= 11 is 0. The van der Waals surface area contributed by atoms with Crippen molar-refractivity contribution in [3.05, 3.63) is 35.9 Å². The van der Waals surface area contributed by atoms with Gasteiger partial charge in [0.2, 0.25) is 5.16 Å². The van der Waals surface area contributed by atoms with Crippen molar-refractivity contribution >= 4 is 19.5 Å². The minimum atomic E-state index is -4.79. The van der Waals surface area contributed by atoms with E-state index in [-0.39, 0.29) is 5.56 Å². The van der Waals surface area contributed by atoms with Gasteiger partial charge in [-0.1, -0.05) is 30.3 Å². The van der Waals surface area contributed by atoms with Gasteiger partial charge in [0.1, 0.15) is 0 Å². The van der Waals surface area contributed by atoms with Crippen LogP contribution in [0.3, 0.4) is 0 Å². The third-order valence-electron chi connectivity index (χ3n) is 3.06.